The van der Waals surface area contributed by atoms with Crippen LogP contribution in [0.5, 0.6) is 0 Å². The second kappa shape index (κ2) is 9.09. The summed E-state index contributed by atoms with van der Waals surface area (Å²) in [7, 11) is 0. The Morgan fingerprint density at radius 2 is 1.64 bits per heavy atom. The first-order valence-electron chi connectivity index (χ1n) is 7.91. The third-order valence-electron chi connectivity index (χ3n) is 5.25. The number of benzene rings is 1. The van der Waals surface area contributed by atoms with Crippen LogP contribution in [0.2, 0.25) is 0 Å². The van der Waals surface area contributed by atoms with Gasteiger partial charge in [-0.2, -0.15) is 0 Å². The van der Waals surface area contributed by atoms with Gasteiger partial charge in [0.25, 0.3) is 0 Å². The van der Waals surface area contributed by atoms with Crippen molar-refractivity contribution in [2.24, 2.45) is 5.73 Å². The van der Waals surface area contributed by atoms with Crippen LogP contribution in [0.1, 0.15) is 31.2 Å². The van der Waals surface area contributed by atoms with E-state index in [0.29, 0.717) is 0 Å². The zero-order valence-corrected chi connectivity index (χ0v) is 14.7. The normalized spacial score (nSPS) is 29.2. The molecule has 0 aromatic heterocycles. The van der Waals surface area contributed by atoms with Crippen molar-refractivity contribution in [1.29, 1.82) is 0 Å². The van der Waals surface area contributed by atoms with E-state index in [1.54, 1.807) is 0 Å². The zero-order chi connectivity index (χ0) is 13.8. The van der Waals surface area contributed by atoms with Gasteiger partial charge in [0.15, 0.2) is 0 Å². The van der Waals surface area contributed by atoms with Crippen LogP contribution in [0.25, 0.3) is 0 Å². The first-order valence-corrected chi connectivity index (χ1v) is 7.91. The lowest BCUT2D eigenvalue weighted by Crippen LogP contribution is -2.48. The molecule has 3 rings (SSSR count). The van der Waals surface area contributed by atoms with Crippen LogP contribution in [0.3, 0.4) is 0 Å². The molecule has 3 nitrogen and oxygen atoms in total. The smallest absolute Gasteiger partial charge is 0.0594 e. The molecule has 22 heavy (non-hydrogen) atoms. The van der Waals surface area contributed by atoms with Crippen molar-refractivity contribution in [3.8, 4) is 0 Å². The van der Waals surface area contributed by atoms with Gasteiger partial charge in [-0.25, -0.2) is 0 Å². The maximum atomic E-state index is 6.16. The molecule has 2 N–H and O–H groups in total. The van der Waals surface area contributed by atoms with Crippen LogP contribution in [0, 0.1) is 0 Å². The van der Waals surface area contributed by atoms with Gasteiger partial charge in [0.2, 0.25) is 0 Å². The first kappa shape index (κ1) is 19.7. The predicted octanol–water partition coefficient (Wildman–Crippen LogP) is 3.00. The summed E-state index contributed by atoms with van der Waals surface area (Å²) in [5.41, 5.74) is 7.81. The third-order valence-corrected chi connectivity index (χ3v) is 5.25. The number of rotatable bonds is 3. The second-order valence-electron chi connectivity index (χ2n) is 6.23. The fourth-order valence-electron chi connectivity index (χ4n) is 3.87. The molecule has 0 bridgehead atoms. The van der Waals surface area contributed by atoms with Crippen molar-refractivity contribution in [1.82, 2.24) is 4.90 Å². The fraction of sp³-hybridized carbons (Fsp3) is 0.647. The average molecular weight is 347 g/mol. The summed E-state index contributed by atoms with van der Waals surface area (Å²) in [6, 6.07) is 11.6. The van der Waals surface area contributed by atoms with E-state index >= 15 is 0 Å². The highest BCUT2D eigenvalue weighted by Crippen LogP contribution is 2.40. The minimum absolute atomic E-state index is 0. The van der Waals surface area contributed by atoms with Gasteiger partial charge in [0.05, 0.1) is 13.2 Å². The molecule has 1 aromatic carbocycles. The van der Waals surface area contributed by atoms with Crippen LogP contribution >= 0.6 is 24.8 Å². The van der Waals surface area contributed by atoms with Gasteiger partial charge in [-0.1, -0.05) is 30.3 Å². The Hall–Kier alpha value is -0.320. The van der Waals surface area contributed by atoms with E-state index in [9.17, 15) is 0 Å². The van der Waals surface area contributed by atoms with Crippen molar-refractivity contribution >= 4 is 24.8 Å². The van der Waals surface area contributed by atoms with E-state index < -0.39 is 0 Å². The highest BCUT2D eigenvalue weighted by atomic mass is 35.5. The molecule has 2 fully saturated rings. The Balaban J connectivity index is 0.00000121. The van der Waals surface area contributed by atoms with E-state index in [1.165, 1.54) is 31.2 Å². The number of hydrogen-bond donors (Lipinski definition) is 1. The van der Waals surface area contributed by atoms with Crippen molar-refractivity contribution in [3.05, 3.63) is 35.9 Å². The third kappa shape index (κ3) is 4.15. The number of ether oxygens (including phenoxy) is 1. The van der Waals surface area contributed by atoms with Gasteiger partial charge in [0, 0.05) is 31.1 Å². The molecule has 1 saturated carbocycles. The molecule has 0 amide bonds. The summed E-state index contributed by atoms with van der Waals surface area (Å²) in [5, 5.41) is 0. The van der Waals surface area contributed by atoms with E-state index in [4.69, 9.17) is 10.5 Å². The molecule has 0 radical (unpaired) electrons. The Bertz CT molecular complexity index is 416. The molecule has 1 saturated heterocycles. The molecular formula is C17H28Cl2N2O. The van der Waals surface area contributed by atoms with E-state index in [0.717, 1.165) is 38.9 Å². The van der Waals surface area contributed by atoms with Crippen molar-refractivity contribution < 1.29 is 4.74 Å². The van der Waals surface area contributed by atoms with Gasteiger partial charge in [-0.15, -0.1) is 24.8 Å². The quantitative estimate of drug-likeness (QED) is 0.914. The zero-order valence-electron chi connectivity index (χ0n) is 13.1. The summed E-state index contributed by atoms with van der Waals surface area (Å²) in [5.74, 6) is 0. The first-order chi connectivity index (χ1) is 9.84. The Labute approximate surface area is 146 Å². The summed E-state index contributed by atoms with van der Waals surface area (Å²) in [4.78, 5) is 2.62. The lowest BCUT2D eigenvalue weighted by molar-refractivity contribution is 0.00307. The van der Waals surface area contributed by atoms with Crippen LogP contribution in [0.4, 0.5) is 0 Å². The lowest BCUT2D eigenvalue weighted by Gasteiger charge is -2.44. The van der Waals surface area contributed by atoms with Crippen molar-refractivity contribution in [3.63, 3.8) is 0 Å². The van der Waals surface area contributed by atoms with Crippen LogP contribution in [-0.2, 0) is 10.2 Å². The van der Waals surface area contributed by atoms with Crippen LogP contribution in [-0.4, -0.2) is 43.8 Å². The molecule has 1 aliphatic carbocycles. The van der Waals surface area contributed by atoms with Gasteiger partial charge in [-0.3, -0.25) is 4.90 Å². The minimum atomic E-state index is 0. The number of morpholine rings is 1. The van der Waals surface area contributed by atoms with E-state index in [-0.39, 0.29) is 30.2 Å². The molecule has 5 heteroatoms. The highest BCUT2D eigenvalue weighted by molar-refractivity contribution is 5.85. The Morgan fingerprint density at radius 1 is 1.05 bits per heavy atom. The number of nitrogens with zero attached hydrogens (tertiary/aromatic N) is 1. The standard InChI is InChI=1S/C17H26N2O.2ClH/c18-14-17(15-4-2-1-3-5-15)8-6-16(7-9-17)19-10-12-20-13-11-19;;/h1-5,16H,6-14,18H2;2*1H/t16-,17+;;. The molecule has 1 aromatic rings. The maximum absolute atomic E-state index is 6.16. The molecule has 2 aliphatic rings. The summed E-state index contributed by atoms with van der Waals surface area (Å²) in [6.07, 6.45) is 4.98. The van der Waals surface area contributed by atoms with Crippen molar-refractivity contribution in [2.45, 2.75) is 37.1 Å². The Morgan fingerprint density at radius 3 is 2.18 bits per heavy atom. The fourth-order valence-corrected chi connectivity index (χ4v) is 3.87. The highest BCUT2D eigenvalue weighted by Gasteiger charge is 2.37. The number of hydrogen-bond acceptors (Lipinski definition) is 3. The van der Waals surface area contributed by atoms with E-state index in [2.05, 4.69) is 35.2 Å². The monoisotopic (exact) mass is 346 g/mol. The largest absolute Gasteiger partial charge is 0.379 e. The molecule has 1 aliphatic heterocycles. The Kier molecular flexibility index (Phi) is 8.15. The van der Waals surface area contributed by atoms with Crippen LogP contribution < -0.4 is 5.73 Å². The molecule has 126 valence electrons. The van der Waals surface area contributed by atoms with Crippen LogP contribution in [0.15, 0.2) is 30.3 Å². The van der Waals surface area contributed by atoms with Gasteiger partial charge in [-0.05, 0) is 31.2 Å². The average Bonchev–Trinajstić information content (AvgIpc) is 2.56. The summed E-state index contributed by atoms with van der Waals surface area (Å²) in [6.45, 7) is 4.78. The van der Waals surface area contributed by atoms with Gasteiger partial charge < -0.3 is 10.5 Å². The number of nitrogens with two attached hydrogens (primary N) is 1. The predicted molar refractivity (Wildman–Crippen MR) is 96.3 cm³/mol. The second-order valence-corrected chi connectivity index (χ2v) is 6.23. The topological polar surface area (TPSA) is 38.5 Å². The van der Waals surface area contributed by atoms with Crippen molar-refractivity contribution in [2.75, 3.05) is 32.8 Å². The summed E-state index contributed by atoms with van der Waals surface area (Å²) >= 11 is 0. The SMILES string of the molecule is Cl.Cl.NC[C@]1(c2ccccc2)CC[C@@H](N2CCOCC2)CC1. The minimum Gasteiger partial charge on any atom is -0.379 e. The summed E-state index contributed by atoms with van der Waals surface area (Å²) < 4.78 is 5.46. The molecule has 0 spiro atoms. The lowest BCUT2D eigenvalue weighted by atomic mass is 9.68. The number of halogens is 2. The molecular weight excluding hydrogens is 319 g/mol. The maximum Gasteiger partial charge on any atom is 0.0594 e. The van der Waals surface area contributed by atoms with E-state index in [1.807, 2.05) is 0 Å². The molecule has 0 unspecified atom stereocenters. The molecule has 1 heterocycles. The van der Waals surface area contributed by atoms with Gasteiger partial charge >= 0.3 is 0 Å². The molecule has 0 atom stereocenters. The van der Waals surface area contributed by atoms with Gasteiger partial charge in [0.1, 0.15) is 0 Å².